The lowest BCUT2D eigenvalue weighted by Gasteiger charge is -2.30. The number of hydrogen-bond acceptors (Lipinski definition) is 8. The standard InChI is InChI=1S/C26H32N10S/c1-17(22-13-27-9-10-29-22)3-4-19(21-7-8-33-35-21)5-6-20(25-32-16-34-36-25)24(26-30-11-12-37-26)18(2)23-14-28-15-31-23/h7-20,24H,3-6H2,1-2H3,(H,28,31)(H,33,35)(H,32,34,36). The Kier molecular flexibility index (Phi) is 8.09. The van der Waals surface area contributed by atoms with Crippen LogP contribution in [0.15, 0.2) is 61.3 Å². The third kappa shape index (κ3) is 5.99. The van der Waals surface area contributed by atoms with Gasteiger partial charge in [0.2, 0.25) is 0 Å². The number of H-pyrrole nitrogens is 3. The number of rotatable bonds is 13. The van der Waals surface area contributed by atoms with Crippen molar-refractivity contribution in [3.8, 4) is 0 Å². The number of imidazole rings is 1. The first-order valence-electron chi connectivity index (χ1n) is 12.7. The molecule has 5 unspecified atom stereocenters. The van der Waals surface area contributed by atoms with Crippen LogP contribution in [-0.4, -0.2) is 50.3 Å². The van der Waals surface area contributed by atoms with Gasteiger partial charge in [0.05, 0.1) is 17.0 Å². The average molecular weight is 517 g/mol. The normalized spacial score (nSPS) is 15.7. The summed E-state index contributed by atoms with van der Waals surface area (Å²) in [6.45, 7) is 4.45. The van der Waals surface area contributed by atoms with Crippen molar-refractivity contribution in [2.75, 3.05) is 0 Å². The van der Waals surface area contributed by atoms with Crippen LogP contribution in [0.1, 0.15) is 97.0 Å². The second-order valence-electron chi connectivity index (χ2n) is 9.56. The summed E-state index contributed by atoms with van der Waals surface area (Å²) in [6.07, 6.45) is 18.2. The molecule has 0 radical (unpaired) electrons. The number of thiazole rings is 1. The van der Waals surface area contributed by atoms with Gasteiger partial charge in [0.15, 0.2) is 0 Å². The van der Waals surface area contributed by atoms with Crippen molar-refractivity contribution in [2.45, 2.75) is 69.1 Å². The van der Waals surface area contributed by atoms with E-state index in [-0.39, 0.29) is 17.8 Å². The fraction of sp³-hybridized carbons (Fsp3) is 0.423. The van der Waals surface area contributed by atoms with E-state index in [2.05, 4.69) is 65.2 Å². The molecule has 5 rings (SSSR count). The predicted molar refractivity (Wildman–Crippen MR) is 141 cm³/mol. The SMILES string of the molecule is CC(CCC(CCC(c1ncn[nH]1)C(c1nccs1)C(C)c1cnc[nH]1)c1ccn[nH]1)c1cnccn1. The minimum Gasteiger partial charge on any atom is -0.348 e. The van der Waals surface area contributed by atoms with Gasteiger partial charge in [-0.05, 0) is 37.7 Å². The molecule has 0 bridgehead atoms. The summed E-state index contributed by atoms with van der Waals surface area (Å²) in [4.78, 5) is 25.7. The maximum Gasteiger partial charge on any atom is 0.137 e. The molecular weight excluding hydrogens is 484 g/mol. The fourth-order valence-electron chi connectivity index (χ4n) is 5.22. The molecule has 0 amide bonds. The number of aromatic amines is 3. The first-order valence-corrected chi connectivity index (χ1v) is 13.6. The second-order valence-corrected chi connectivity index (χ2v) is 10.5. The Hall–Kier alpha value is -3.73. The van der Waals surface area contributed by atoms with Crippen molar-refractivity contribution in [1.29, 1.82) is 0 Å². The van der Waals surface area contributed by atoms with Crippen molar-refractivity contribution in [1.82, 2.24) is 50.3 Å². The zero-order chi connectivity index (χ0) is 25.5. The zero-order valence-electron chi connectivity index (χ0n) is 21.0. The molecule has 3 N–H and O–H groups in total. The van der Waals surface area contributed by atoms with Crippen LogP contribution in [0, 0.1) is 0 Å². The van der Waals surface area contributed by atoms with E-state index in [1.54, 1.807) is 36.4 Å². The second kappa shape index (κ2) is 12.0. The molecule has 192 valence electrons. The van der Waals surface area contributed by atoms with Gasteiger partial charge in [-0.15, -0.1) is 11.3 Å². The van der Waals surface area contributed by atoms with Gasteiger partial charge in [-0.1, -0.05) is 13.8 Å². The van der Waals surface area contributed by atoms with Crippen molar-refractivity contribution in [2.24, 2.45) is 0 Å². The van der Waals surface area contributed by atoms with Crippen LogP contribution in [0.25, 0.3) is 0 Å². The molecule has 0 saturated carbocycles. The molecular formula is C26H32N10S. The lowest BCUT2D eigenvalue weighted by Crippen LogP contribution is -2.20. The van der Waals surface area contributed by atoms with Crippen LogP contribution in [0.4, 0.5) is 0 Å². The Bertz CT molecular complexity index is 1270. The van der Waals surface area contributed by atoms with E-state index in [4.69, 9.17) is 4.98 Å². The number of hydrogen-bond donors (Lipinski definition) is 3. The summed E-state index contributed by atoms with van der Waals surface area (Å²) < 4.78 is 0. The van der Waals surface area contributed by atoms with Crippen molar-refractivity contribution in [3.63, 3.8) is 0 Å². The number of nitrogens with zero attached hydrogens (tertiary/aromatic N) is 7. The molecule has 37 heavy (non-hydrogen) atoms. The van der Waals surface area contributed by atoms with E-state index in [1.807, 2.05) is 30.2 Å². The molecule has 0 aromatic carbocycles. The average Bonchev–Trinajstić information content (AvgIpc) is 3.75. The van der Waals surface area contributed by atoms with Gasteiger partial charge in [0, 0.05) is 77.6 Å². The lowest BCUT2D eigenvalue weighted by atomic mass is 9.76. The predicted octanol–water partition coefficient (Wildman–Crippen LogP) is 5.32. The molecule has 0 fully saturated rings. The monoisotopic (exact) mass is 516 g/mol. The number of aromatic nitrogens is 10. The van der Waals surface area contributed by atoms with Crippen LogP contribution in [0.2, 0.25) is 0 Å². The molecule has 5 aromatic rings. The Balaban J connectivity index is 1.38. The van der Waals surface area contributed by atoms with Gasteiger partial charge >= 0.3 is 0 Å². The van der Waals surface area contributed by atoms with Crippen molar-refractivity contribution < 1.29 is 0 Å². The smallest absolute Gasteiger partial charge is 0.137 e. The van der Waals surface area contributed by atoms with Crippen molar-refractivity contribution >= 4 is 11.3 Å². The fourth-order valence-corrected chi connectivity index (χ4v) is 6.13. The van der Waals surface area contributed by atoms with E-state index in [1.165, 1.54) is 0 Å². The highest BCUT2D eigenvalue weighted by molar-refractivity contribution is 7.09. The van der Waals surface area contributed by atoms with Gasteiger partial charge in [0.25, 0.3) is 0 Å². The molecule has 0 aliphatic carbocycles. The largest absolute Gasteiger partial charge is 0.348 e. The summed E-state index contributed by atoms with van der Waals surface area (Å²) in [5, 5.41) is 18.0. The molecule has 0 aliphatic heterocycles. The summed E-state index contributed by atoms with van der Waals surface area (Å²) in [5.74, 6) is 1.94. The van der Waals surface area contributed by atoms with Gasteiger partial charge in [-0.2, -0.15) is 10.2 Å². The van der Waals surface area contributed by atoms with Crippen LogP contribution in [0.3, 0.4) is 0 Å². The van der Waals surface area contributed by atoms with Crippen molar-refractivity contribution in [3.05, 3.63) is 89.2 Å². The first-order chi connectivity index (χ1) is 18.2. The topological polar surface area (TPSA) is 138 Å². The molecule has 10 nitrogen and oxygen atoms in total. The van der Waals surface area contributed by atoms with Gasteiger partial charge in [0.1, 0.15) is 12.2 Å². The lowest BCUT2D eigenvalue weighted by molar-refractivity contribution is 0.391. The first kappa shape index (κ1) is 24.9. The zero-order valence-corrected chi connectivity index (χ0v) is 21.8. The Morgan fingerprint density at radius 2 is 1.76 bits per heavy atom. The molecule has 0 saturated heterocycles. The molecule has 11 heteroatoms. The van der Waals surface area contributed by atoms with Gasteiger partial charge in [-0.25, -0.2) is 15.0 Å². The Morgan fingerprint density at radius 1 is 0.838 bits per heavy atom. The van der Waals surface area contributed by atoms with E-state index in [0.717, 1.165) is 53.6 Å². The van der Waals surface area contributed by atoms with E-state index < -0.39 is 0 Å². The van der Waals surface area contributed by atoms with E-state index >= 15 is 0 Å². The summed E-state index contributed by atoms with van der Waals surface area (Å²) in [7, 11) is 0. The van der Waals surface area contributed by atoms with Crippen LogP contribution >= 0.6 is 11.3 Å². The highest BCUT2D eigenvalue weighted by Gasteiger charge is 2.35. The molecule has 5 heterocycles. The summed E-state index contributed by atoms with van der Waals surface area (Å²) in [6, 6.07) is 2.09. The summed E-state index contributed by atoms with van der Waals surface area (Å²) >= 11 is 1.69. The van der Waals surface area contributed by atoms with Gasteiger partial charge in [-0.3, -0.25) is 20.2 Å². The minimum absolute atomic E-state index is 0.106. The van der Waals surface area contributed by atoms with E-state index in [9.17, 15) is 0 Å². The van der Waals surface area contributed by atoms with E-state index in [0.29, 0.717) is 11.8 Å². The molecule has 5 aromatic heterocycles. The minimum atomic E-state index is 0.106. The molecule has 0 spiro atoms. The third-order valence-electron chi connectivity index (χ3n) is 7.33. The van der Waals surface area contributed by atoms with Crippen LogP contribution in [0.5, 0.6) is 0 Å². The number of nitrogens with one attached hydrogen (secondary N) is 3. The maximum atomic E-state index is 4.74. The highest BCUT2D eigenvalue weighted by atomic mass is 32.1. The summed E-state index contributed by atoms with van der Waals surface area (Å²) in [5.41, 5.74) is 3.28. The Morgan fingerprint density at radius 3 is 2.43 bits per heavy atom. The third-order valence-corrected chi connectivity index (χ3v) is 8.20. The quantitative estimate of drug-likeness (QED) is 0.193. The molecule has 0 aliphatic rings. The highest BCUT2D eigenvalue weighted by Crippen LogP contribution is 2.46. The van der Waals surface area contributed by atoms with Gasteiger partial charge < -0.3 is 4.98 Å². The molecule has 5 atom stereocenters. The van der Waals surface area contributed by atoms with Crippen LogP contribution < -0.4 is 0 Å². The Labute approximate surface area is 219 Å². The maximum absolute atomic E-state index is 4.74. The van der Waals surface area contributed by atoms with Crippen LogP contribution in [-0.2, 0) is 0 Å².